The van der Waals surface area contributed by atoms with Gasteiger partial charge in [-0.15, -0.1) is 0 Å². The van der Waals surface area contributed by atoms with Crippen molar-refractivity contribution in [1.82, 2.24) is 19.5 Å². The number of rotatable bonds is 7. The highest BCUT2D eigenvalue weighted by atomic mass is 16.3. The Balaban J connectivity index is 1.86. The van der Waals surface area contributed by atoms with Gasteiger partial charge in [0, 0.05) is 13.2 Å². The van der Waals surface area contributed by atoms with Crippen LogP contribution in [0.5, 0.6) is 0 Å². The number of imidazole rings is 1. The molecule has 0 saturated carbocycles. The monoisotopic (exact) mass is 313 g/mol. The molecule has 7 heteroatoms. The van der Waals surface area contributed by atoms with E-state index in [0.717, 1.165) is 5.56 Å². The third-order valence-corrected chi connectivity index (χ3v) is 3.73. The highest BCUT2D eigenvalue weighted by Crippen LogP contribution is 2.22. The van der Waals surface area contributed by atoms with E-state index in [9.17, 15) is 5.11 Å². The molecule has 1 atom stereocenters. The van der Waals surface area contributed by atoms with Crippen LogP contribution in [0.4, 0.5) is 5.82 Å². The van der Waals surface area contributed by atoms with Gasteiger partial charge in [-0.1, -0.05) is 30.3 Å². The maximum Gasteiger partial charge on any atom is 0.165 e. The van der Waals surface area contributed by atoms with Gasteiger partial charge in [-0.25, -0.2) is 15.0 Å². The van der Waals surface area contributed by atoms with E-state index < -0.39 is 0 Å². The molecule has 2 aromatic heterocycles. The van der Waals surface area contributed by atoms with E-state index in [1.54, 1.807) is 10.9 Å². The lowest BCUT2D eigenvalue weighted by Gasteiger charge is -2.15. The van der Waals surface area contributed by atoms with Crippen LogP contribution in [0.1, 0.15) is 18.0 Å². The molecule has 0 spiro atoms. The van der Waals surface area contributed by atoms with Crippen molar-refractivity contribution in [1.29, 1.82) is 0 Å². The van der Waals surface area contributed by atoms with Crippen LogP contribution in [0.25, 0.3) is 11.2 Å². The zero-order valence-electron chi connectivity index (χ0n) is 12.6. The Morgan fingerprint density at radius 1 is 1.09 bits per heavy atom. The Hall–Kier alpha value is -2.51. The third-order valence-electron chi connectivity index (χ3n) is 3.73. The van der Waals surface area contributed by atoms with Gasteiger partial charge in [0.05, 0.1) is 19.0 Å². The molecule has 0 amide bonds. The van der Waals surface area contributed by atoms with Crippen LogP contribution in [0, 0.1) is 0 Å². The second-order valence-corrected chi connectivity index (χ2v) is 5.23. The van der Waals surface area contributed by atoms with E-state index in [1.807, 2.05) is 30.3 Å². The first-order chi connectivity index (χ1) is 11.3. The molecule has 3 N–H and O–H groups in total. The zero-order valence-corrected chi connectivity index (χ0v) is 12.6. The summed E-state index contributed by atoms with van der Waals surface area (Å²) >= 11 is 0. The maximum atomic E-state index is 9.49. The second kappa shape index (κ2) is 7.17. The van der Waals surface area contributed by atoms with Crippen molar-refractivity contribution < 1.29 is 10.2 Å². The van der Waals surface area contributed by atoms with E-state index in [4.69, 9.17) is 5.11 Å². The molecular formula is C16H19N5O2. The first-order valence-corrected chi connectivity index (χ1v) is 7.50. The van der Waals surface area contributed by atoms with Crippen LogP contribution in [0.2, 0.25) is 0 Å². The van der Waals surface area contributed by atoms with Crippen molar-refractivity contribution in [2.24, 2.45) is 0 Å². The molecule has 0 bridgehead atoms. The van der Waals surface area contributed by atoms with E-state index >= 15 is 0 Å². The fourth-order valence-electron chi connectivity index (χ4n) is 2.50. The summed E-state index contributed by atoms with van der Waals surface area (Å²) in [7, 11) is 0. The molecule has 0 fully saturated rings. The molecule has 1 unspecified atom stereocenters. The van der Waals surface area contributed by atoms with E-state index in [0.29, 0.717) is 29.9 Å². The summed E-state index contributed by atoms with van der Waals surface area (Å²) in [6.45, 7) is 0.553. The predicted molar refractivity (Wildman–Crippen MR) is 86.9 cm³/mol. The summed E-state index contributed by atoms with van der Waals surface area (Å²) in [6, 6.07) is 9.77. The Bertz CT molecular complexity index is 760. The number of nitrogens with one attached hydrogen (secondary N) is 1. The highest BCUT2D eigenvalue weighted by Gasteiger charge is 2.16. The van der Waals surface area contributed by atoms with Crippen molar-refractivity contribution in [2.45, 2.75) is 19.0 Å². The van der Waals surface area contributed by atoms with Gasteiger partial charge in [0.15, 0.2) is 11.5 Å². The molecule has 0 aliphatic rings. The van der Waals surface area contributed by atoms with Crippen LogP contribution in [-0.2, 0) is 6.54 Å². The molecule has 7 nitrogen and oxygen atoms in total. The summed E-state index contributed by atoms with van der Waals surface area (Å²) in [5.74, 6) is 0.651. The van der Waals surface area contributed by atoms with Gasteiger partial charge in [0.2, 0.25) is 0 Å². The zero-order chi connectivity index (χ0) is 16.1. The van der Waals surface area contributed by atoms with Crippen molar-refractivity contribution in [3.63, 3.8) is 0 Å². The van der Waals surface area contributed by atoms with E-state index in [2.05, 4.69) is 20.3 Å². The van der Waals surface area contributed by atoms with Gasteiger partial charge in [-0.05, 0) is 12.0 Å². The smallest absolute Gasteiger partial charge is 0.165 e. The average molecular weight is 313 g/mol. The van der Waals surface area contributed by atoms with Gasteiger partial charge in [-0.3, -0.25) is 0 Å². The van der Waals surface area contributed by atoms with Gasteiger partial charge >= 0.3 is 0 Å². The second-order valence-electron chi connectivity index (χ2n) is 5.23. The number of benzene rings is 1. The lowest BCUT2D eigenvalue weighted by atomic mass is 10.2. The minimum absolute atomic E-state index is 0.00486. The third kappa shape index (κ3) is 3.30. The largest absolute Gasteiger partial charge is 0.396 e. The van der Waals surface area contributed by atoms with E-state index in [1.165, 1.54) is 6.33 Å². The maximum absolute atomic E-state index is 9.49. The van der Waals surface area contributed by atoms with Gasteiger partial charge in [0.25, 0.3) is 0 Å². The molecule has 23 heavy (non-hydrogen) atoms. The fraction of sp³-hybridized carbons (Fsp3) is 0.312. The average Bonchev–Trinajstić information content (AvgIpc) is 3.03. The lowest BCUT2D eigenvalue weighted by molar-refractivity contribution is 0.188. The standard InChI is InChI=1S/C16H19N5O2/c22-7-6-13(9-23)21-11-20-14-15(18-10-19-16(14)21)17-8-12-4-2-1-3-5-12/h1-5,10-11,13,22-23H,6-9H2,(H,17,18,19). The number of anilines is 1. The van der Waals surface area contributed by atoms with Gasteiger partial charge in [0.1, 0.15) is 11.8 Å². The van der Waals surface area contributed by atoms with Crippen molar-refractivity contribution >= 4 is 17.0 Å². The fourth-order valence-corrected chi connectivity index (χ4v) is 2.50. The molecule has 120 valence electrons. The number of aliphatic hydroxyl groups excluding tert-OH is 2. The molecular weight excluding hydrogens is 294 g/mol. The van der Waals surface area contributed by atoms with E-state index in [-0.39, 0.29) is 19.3 Å². The SMILES string of the molecule is OCCC(CO)n1cnc2c(NCc3ccccc3)ncnc21. The van der Waals surface area contributed by atoms with Crippen molar-refractivity contribution in [3.8, 4) is 0 Å². The van der Waals surface area contributed by atoms with Crippen LogP contribution < -0.4 is 5.32 Å². The Morgan fingerprint density at radius 3 is 2.65 bits per heavy atom. The molecule has 0 aliphatic carbocycles. The number of hydrogen-bond acceptors (Lipinski definition) is 6. The summed E-state index contributed by atoms with van der Waals surface area (Å²) in [5, 5.41) is 21.9. The number of aliphatic hydroxyl groups is 2. The normalized spacial score (nSPS) is 12.4. The molecule has 1 aromatic carbocycles. The first-order valence-electron chi connectivity index (χ1n) is 7.50. The molecule has 0 radical (unpaired) electrons. The molecule has 0 saturated heterocycles. The van der Waals surface area contributed by atoms with Crippen LogP contribution >= 0.6 is 0 Å². The van der Waals surface area contributed by atoms with Crippen molar-refractivity contribution in [3.05, 3.63) is 48.5 Å². The Kier molecular flexibility index (Phi) is 4.80. The summed E-state index contributed by atoms with van der Waals surface area (Å²) < 4.78 is 1.78. The number of fused-ring (bicyclic) bond motifs is 1. The molecule has 3 rings (SSSR count). The minimum Gasteiger partial charge on any atom is -0.396 e. The lowest BCUT2D eigenvalue weighted by Crippen LogP contribution is -2.14. The van der Waals surface area contributed by atoms with Crippen LogP contribution in [-0.4, -0.2) is 42.9 Å². The Labute approximate surface area is 133 Å². The molecule has 0 aliphatic heterocycles. The minimum atomic E-state index is -0.248. The number of nitrogens with zero attached hydrogens (tertiary/aromatic N) is 4. The van der Waals surface area contributed by atoms with Crippen LogP contribution in [0.3, 0.4) is 0 Å². The number of hydrogen-bond donors (Lipinski definition) is 3. The summed E-state index contributed by atoms with van der Waals surface area (Å²) in [6.07, 6.45) is 3.55. The highest BCUT2D eigenvalue weighted by molar-refractivity contribution is 5.82. The predicted octanol–water partition coefficient (Wildman–Crippen LogP) is 1.35. The summed E-state index contributed by atoms with van der Waals surface area (Å²) in [4.78, 5) is 12.9. The van der Waals surface area contributed by atoms with Crippen molar-refractivity contribution in [2.75, 3.05) is 18.5 Å². The molecule has 3 aromatic rings. The van der Waals surface area contributed by atoms with Gasteiger partial charge < -0.3 is 20.1 Å². The first kappa shape index (κ1) is 15.4. The topological polar surface area (TPSA) is 96.1 Å². The Morgan fingerprint density at radius 2 is 1.91 bits per heavy atom. The quantitative estimate of drug-likeness (QED) is 0.609. The van der Waals surface area contributed by atoms with Gasteiger partial charge in [-0.2, -0.15) is 0 Å². The molecule has 2 heterocycles. The number of aromatic nitrogens is 4. The summed E-state index contributed by atoms with van der Waals surface area (Å²) in [5.41, 5.74) is 2.44. The van der Waals surface area contributed by atoms with Crippen LogP contribution in [0.15, 0.2) is 43.0 Å².